The van der Waals surface area contributed by atoms with E-state index < -0.39 is 11.9 Å². The Morgan fingerprint density at radius 1 is 1.11 bits per heavy atom. The van der Waals surface area contributed by atoms with Gasteiger partial charge in [0.05, 0.1) is 23.3 Å². The normalized spacial score (nSPS) is 11.5. The lowest BCUT2D eigenvalue weighted by molar-refractivity contribution is -0.118. The topological polar surface area (TPSA) is 110 Å². The van der Waals surface area contributed by atoms with Crippen LogP contribution in [-0.4, -0.2) is 53.1 Å². The molecule has 3 aromatic rings. The first-order valence-electron chi connectivity index (χ1n) is 10.4. The fourth-order valence-corrected chi connectivity index (χ4v) is 5.30. The number of aromatic nitrogens is 2. The van der Waals surface area contributed by atoms with E-state index >= 15 is 0 Å². The molecule has 3 rings (SSSR count). The third kappa shape index (κ3) is 7.96. The Kier molecular flexibility index (Phi) is 10.4. The number of esters is 1. The molecular weight excluding hydrogens is 528 g/mol. The molecule has 0 aliphatic carbocycles. The minimum absolute atomic E-state index is 0.310. The Bertz CT molecular complexity index is 1170. The molecule has 8 nitrogen and oxygen atoms in total. The number of methoxy groups -OCH3 is 1. The second-order valence-electron chi connectivity index (χ2n) is 7.13. The summed E-state index contributed by atoms with van der Waals surface area (Å²) in [6.07, 6.45) is 2.38. The molecule has 1 unspecified atom stereocenters. The Morgan fingerprint density at radius 3 is 2.54 bits per heavy atom. The lowest BCUT2D eigenvalue weighted by Gasteiger charge is -2.17. The number of benzene rings is 2. The summed E-state index contributed by atoms with van der Waals surface area (Å²) in [5.41, 5.74) is 1.80. The number of ether oxygens (including phenoxy) is 1. The second-order valence-corrected chi connectivity index (χ2v) is 10.7. The highest BCUT2D eigenvalue weighted by Crippen LogP contribution is 2.28. The number of carbonyl (C=O) groups excluding carboxylic acids is 3. The number of carbonyl (C=O) groups is 3. The highest BCUT2D eigenvalue weighted by atomic mass is 35.5. The molecule has 0 bridgehead atoms. The quantitative estimate of drug-likeness (QED) is 0.200. The monoisotopic (exact) mass is 550 g/mol. The molecule has 0 spiro atoms. The van der Waals surface area contributed by atoms with Gasteiger partial charge >= 0.3 is 5.97 Å². The van der Waals surface area contributed by atoms with Crippen molar-refractivity contribution in [1.29, 1.82) is 0 Å². The molecule has 184 valence electrons. The number of rotatable bonds is 11. The Balaban J connectivity index is 1.58. The fourth-order valence-electron chi connectivity index (χ4n) is 2.90. The molecule has 2 amide bonds. The molecule has 1 atom stereocenters. The standard InChI is InChI=1S/C23H23ClN4O4S3/c1-32-21(31)15-9-7-14(8-10-15)13-34-23-28-27-22(35-23)26-20(30)18(11-12-33-2)25-19(29)16-5-3-4-6-17(16)24/h3-10,18H,11-13H2,1-2H3,(H,25,29)(H,26,27,30). The zero-order valence-corrected chi connectivity index (χ0v) is 22.2. The van der Waals surface area contributed by atoms with Crippen molar-refractivity contribution in [3.63, 3.8) is 0 Å². The van der Waals surface area contributed by atoms with Crippen LogP contribution in [0, 0.1) is 0 Å². The van der Waals surface area contributed by atoms with E-state index in [4.69, 9.17) is 16.3 Å². The first-order valence-corrected chi connectivity index (χ1v) is 14.0. The number of nitrogens with one attached hydrogen (secondary N) is 2. The van der Waals surface area contributed by atoms with Gasteiger partial charge in [0.25, 0.3) is 5.91 Å². The maximum Gasteiger partial charge on any atom is 0.337 e. The average Bonchev–Trinajstić information content (AvgIpc) is 3.32. The van der Waals surface area contributed by atoms with Crippen molar-refractivity contribution in [2.24, 2.45) is 0 Å². The third-order valence-corrected chi connectivity index (χ3v) is 7.74. The molecular formula is C23H23ClN4O4S3. The second kappa shape index (κ2) is 13.5. The first kappa shape index (κ1) is 27.0. The number of amides is 2. The van der Waals surface area contributed by atoms with Gasteiger partial charge in [-0.3, -0.25) is 14.9 Å². The minimum Gasteiger partial charge on any atom is -0.465 e. The van der Waals surface area contributed by atoms with E-state index in [0.29, 0.717) is 43.5 Å². The van der Waals surface area contributed by atoms with Crippen molar-refractivity contribution in [3.05, 3.63) is 70.2 Å². The number of hydrogen-bond acceptors (Lipinski definition) is 9. The van der Waals surface area contributed by atoms with Crippen molar-refractivity contribution in [2.45, 2.75) is 22.6 Å². The number of hydrogen-bond donors (Lipinski definition) is 2. The van der Waals surface area contributed by atoms with E-state index in [1.165, 1.54) is 30.2 Å². The van der Waals surface area contributed by atoms with E-state index in [1.54, 1.807) is 48.2 Å². The van der Waals surface area contributed by atoms with Crippen LogP contribution in [0.25, 0.3) is 0 Å². The maximum atomic E-state index is 12.9. The van der Waals surface area contributed by atoms with E-state index in [1.807, 2.05) is 18.4 Å². The lowest BCUT2D eigenvalue weighted by Crippen LogP contribution is -2.44. The number of thioether (sulfide) groups is 2. The summed E-state index contributed by atoms with van der Waals surface area (Å²) in [5, 5.41) is 14.4. The number of nitrogens with zero attached hydrogens (tertiary/aromatic N) is 2. The van der Waals surface area contributed by atoms with Gasteiger partial charge in [0.15, 0.2) is 4.34 Å². The number of halogens is 1. The molecule has 0 saturated heterocycles. The predicted molar refractivity (Wildman–Crippen MR) is 142 cm³/mol. The average molecular weight is 551 g/mol. The molecule has 2 aromatic carbocycles. The van der Waals surface area contributed by atoms with Crippen LogP contribution in [-0.2, 0) is 15.3 Å². The molecule has 1 aromatic heterocycles. The van der Waals surface area contributed by atoms with Gasteiger partial charge in [-0.2, -0.15) is 11.8 Å². The van der Waals surface area contributed by atoms with Crippen molar-refractivity contribution in [2.75, 3.05) is 24.4 Å². The summed E-state index contributed by atoms with van der Waals surface area (Å²) < 4.78 is 5.38. The van der Waals surface area contributed by atoms with Crippen LogP contribution in [0.5, 0.6) is 0 Å². The van der Waals surface area contributed by atoms with Crippen molar-refractivity contribution < 1.29 is 19.1 Å². The highest BCUT2D eigenvalue weighted by Gasteiger charge is 2.23. The minimum atomic E-state index is -0.750. The summed E-state index contributed by atoms with van der Waals surface area (Å²) in [5.74, 6) is 0.142. The molecule has 0 radical (unpaired) electrons. The fraction of sp³-hybridized carbons (Fsp3) is 0.261. The Labute approximate surface area is 220 Å². The van der Waals surface area contributed by atoms with E-state index in [-0.39, 0.29) is 11.9 Å². The number of anilines is 1. The molecule has 0 aliphatic heterocycles. The van der Waals surface area contributed by atoms with Gasteiger partial charge in [0.2, 0.25) is 11.0 Å². The Morgan fingerprint density at radius 2 is 1.86 bits per heavy atom. The SMILES string of the molecule is COC(=O)c1ccc(CSc2nnc(NC(=O)C(CCSC)NC(=O)c3ccccc3Cl)s2)cc1. The van der Waals surface area contributed by atoms with Crippen LogP contribution in [0.1, 0.15) is 32.7 Å². The van der Waals surface area contributed by atoms with Crippen LogP contribution >= 0.6 is 46.5 Å². The van der Waals surface area contributed by atoms with E-state index in [0.717, 1.165) is 5.56 Å². The zero-order valence-electron chi connectivity index (χ0n) is 18.9. The van der Waals surface area contributed by atoms with Gasteiger partial charge in [-0.15, -0.1) is 10.2 Å². The molecule has 0 saturated carbocycles. The molecule has 0 aliphatic rings. The van der Waals surface area contributed by atoms with Gasteiger partial charge in [-0.25, -0.2) is 4.79 Å². The molecule has 0 fully saturated rings. The van der Waals surface area contributed by atoms with E-state index in [9.17, 15) is 14.4 Å². The summed E-state index contributed by atoms with van der Waals surface area (Å²) in [6, 6.07) is 13.0. The smallest absolute Gasteiger partial charge is 0.337 e. The molecule has 12 heteroatoms. The molecule has 1 heterocycles. The molecule has 35 heavy (non-hydrogen) atoms. The molecule has 2 N–H and O–H groups in total. The van der Waals surface area contributed by atoms with Crippen LogP contribution in [0.2, 0.25) is 5.02 Å². The van der Waals surface area contributed by atoms with Gasteiger partial charge in [0, 0.05) is 5.75 Å². The van der Waals surface area contributed by atoms with Crippen molar-refractivity contribution in [1.82, 2.24) is 15.5 Å². The largest absolute Gasteiger partial charge is 0.465 e. The zero-order chi connectivity index (χ0) is 25.2. The summed E-state index contributed by atoms with van der Waals surface area (Å²) in [6.45, 7) is 0. The van der Waals surface area contributed by atoms with Crippen molar-refractivity contribution >= 4 is 69.4 Å². The van der Waals surface area contributed by atoms with Gasteiger partial charge < -0.3 is 10.1 Å². The lowest BCUT2D eigenvalue weighted by atomic mass is 10.1. The van der Waals surface area contributed by atoms with Crippen LogP contribution in [0.15, 0.2) is 52.9 Å². The summed E-state index contributed by atoms with van der Waals surface area (Å²) >= 11 is 10.4. The highest BCUT2D eigenvalue weighted by molar-refractivity contribution is 8.00. The predicted octanol–water partition coefficient (Wildman–Crippen LogP) is 4.76. The summed E-state index contributed by atoms with van der Waals surface area (Å²) in [7, 11) is 1.34. The van der Waals surface area contributed by atoms with Crippen LogP contribution < -0.4 is 10.6 Å². The van der Waals surface area contributed by atoms with Gasteiger partial charge in [-0.05, 0) is 48.3 Å². The van der Waals surface area contributed by atoms with Gasteiger partial charge in [-0.1, -0.05) is 59.0 Å². The van der Waals surface area contributed by atoms with Gasteiger partial charge in [0.1, 0.15) is 6.04 Å². The van der Waals surface area contributed by atoms with Crippen molar-refractivity contribution in [3.8, 4) is 0 Å². The third-order valence-electron chi connectivity index (χ3n) is 4.72. The van der Waals surface area contributed by atoms with Crippen LogP contribution in [0.3, 0.4) is 0 Å². The van der Waals surface area contributed by atoms with Crippen LogP contribution in [0.4, 0.5) is 5.13 Å². The first-order chi connectivity index (χ1) is 16.9. The summed E-state index contributed by atoms with van der Waals surface area (Å²) in [4.78, 5) is 37.1. The Hall–Kier alpha value is -2.60. The van der Waals surface area contributed by atoms with E-state index in [2.05, 4.69) is 20.8 Å². The maximum absolute atomic E-state index is 12.9.